The second kappa shape index (κ2) is 6.42. The summed E-state index contributed by atoms with van der Waals surface area (Å²) in [5.74, 6) is 0. The molecule has 3 unspecified atom stereocenters. The average Bonchev–Trinajstić information content (AvgIpc) is 2.46. The molecule has 5 nitrogen and oxygen atoms in total. The van der Waals surface area contributed by atoms with Gasteiger partial charge in [0.25, 0.3) is 0 Å². The molecule has 0 aromatic heterocycles. The Kier molecular flexibility index (Phi) is 5.05. The zero-order valence-corrected chi connectivity index (χ0v) is 13.3. The van der Waals surface area contributed by atoms with E-state index in [-0.39, 0.29) is 11.3 Å². The third kappa shape index (κ3) is 3.72. The maximum absolute atomic E-state index is 11.7. The van der Waals surface area contributed by atoms with Crippen LogP contribution in [0.1, 0.15) is 32.6 Å². The summed E-state index contributed by atoms with van der Waals surface area (Å²) in [4.78, 5) is 4.63. The quantitative estimate of drug-likeness (QED) is 0.774. The first-order chi connectivity index (χ1) is 9.41. The molecule has 1 heterocycles. The van der Waals surface area contributed by atoms with Crippen LogP contribution in [-0.2, 0) is 9.84 Å². The molecule has 0 aromatic carbocycles. The second-order valence-electron chi connectivity index (χ2n) is 6.15. The van der Waals surface area contributed by atoms with E-state index >= 15 is 0 Å². The van der Waals surface area contributed by atoms with Crippen molar-refractivity contribution in [3.63, 3.8) is 0 Å². The summed E-state index contributed by atoms with van der Waals surface area (Å²) in [5.41, 5.74) is 0. The van der Waals surface area contributed by atoms with Crippen LogP contribution >= 0.6 is 0 Å². The van der Waals surface area contributed by atoms with Crippen molar-refractivity contribution < 1.29 is 8.42 Å². The smallest absolute Gasteiger partial charge is 0.150 e. The van der Waals surface area contributed by atoms with Crippen LogP contribution in [0.4, 0.5) is 0 Å². The summed E-state index contributed by atoms with van der Waals surface area (Å²) in [6.07, 6.45) is 5.09. The largest absolute Gasteiger partial charge is 0.298 e. The van der Waals surface area contributed by atoms with Crippen LogP contribution in [0.15, 0.2) is 0 Å². The first-order valence-corrected chi connectivity index (χ1v) is 9.44. The van der Waals surface area contributed by atoms with Gasteiger partial charge in [-0.1, -0.05) is 6.42 Å². The number of piperazine rings is 1. The maximum Gasteiger partial charge on any atom is 0.150 e. The van der Waals surface area contributed by atoms with Crippen molar-refractivity contribution in [1.82, 2.24) is 9.80 Å². The van der Waals surface area contributed by atoms with Gasteiger partial charge in [-0.25, -0.2) is 8.42 Å². The molecule has 6 heteroatoms. The topological polar surface area (TPSA) is 64.4 Å². The monoisotopic (exact) mass is 299 g/mol. The van der Waals surface area contributed by atoms with E-state index in [4.69, 9.17) is 5.26 Å². The van der Waals surface area contributed by atoms with E-state index in [0.29, 0.717) is 6.04 Å². The Morgan fingerprint density at radius 2 is 1.85 bits per heavy atom. The summed E-state index contributed by atoms with van der Waals surface area (Å²) < 4.78 is 23.5. The average molecular weight is 299 g/mol. The Hall–Kier alpha value is -0.640. The molecule has 2 rings (SSSR count). The first-order valence-electron chi connectivity index (χ1n) is 7.48. The van der Waals surface area contributed by atoms with Gasteiger partial charge in [0.15, 0.2) is 0 Å². The van der Waals surface area contributed by atoms with Gasteiger partial charge in [0.2, 0.25) is 0 Å². The molecule has 1 saturated carbocycles. The van der Waals surface area contributed by atoms with E-state index in [1.165, 1.54) is 6.26 Å². The molecule has 0 amide bonds. The summed E-state index contributed by atoms with van der Waals surface area (Å²) in [6.45, 7) is 5.67. The highest BCUT2D eigenvalue weighted by Crippen LogP contribution is 2.28. The highest BCUT2D eigenvalue weighted by Gasteiger charge is 2.33. The molecule has 2 aliphatic rings. The fourth-order valence-electron chi connectivity index (χ4n) is 3.41. The molecule has 2 fully saturated rings. The van der Waals surface area contributed by atoms with Gasteiger partial charge in [-0.2, -0.15) is 5.26 Å². The van der Waals surface area contributed by atoms with Crippen LogP contribution < -0.4 is 0 Å². The molecule has 3 atom stereocenters. The number of nitriles is 1. The lowest BCUT2D eigenvalue weighted by molar-refractivity contribution is 0.0715. The van der Waals surface area contributed by atoms with Crippen molar-refractivity contribution >= 4 is 9.84 Å². The molecule has 0 spiro atoms. The highest BCUT2D eigenvalue weighted by atomic mass is 32.2. The van der Waals surface area contributed by atoms with Gasteiger partial charge in [-0.15, -0.1) is 0 Å². The third-order valence-electron chi connectivity index (χ3n) is 4.80. The number of nitrogens with zero attached hydrogens (tertiary/aromatic N) is 3. The highest BCUT2D eigenvalue weighted by molar-refractivity contribution is 7.91. The molecular weight excluding hydrogens is 274 g/mol. The molecule has 0 radical (unpaired) electrons. The summed E-state index contributed by atoms with van der Waals surface area (Å²) in [7, 11) is -2.91. The van der Waals surface area contributed by atoms with E-state index in [9.17, 15) is 8.42 Å². The third-order valence-corrected chi connectivity index (χ3v) is 6.44. The van der Waals surface area contributed by atoms with Crippen molar-refractivity contribution in [2.45, 2.75) is 49.9 Å². The Morgan fingerprint density at radius 1 is 1.20 bits per heavy atom. The fourth-order valence-corrected chi connectivity index (χ4v) is 4.58. The van der Waals surface area contributed by atoms with Crippen molar-refractivity contribution in [1.29, 1.82) is 5.26 Å². The minimum absolute atomic E-state index is 0.0210. The fraction of sp³-hybridized carbons (Fsp3) is 0.929. The van der Waals surface area contributed by atoms with Gasteiger partial charge >= 0.3 is 0 Å². The molecule has 1 aliphatic carbocycles. The summed E-state index contributed by atoms with van der Waals surface area (Å²) >= 11 is 0. The predicted molar refractivity (Wildman–Crippen MR) is 79.1 cm³/mol. The van der Waals surface area contributed by atoms with Gasteiger partial charge in [-0.3, -0.25) is 9.80 Å². The second-order valence-corrected chi connectivity index (χ2v) is 8.47. The number of sulfone groups is 1. The van der Waals surface area contributed by atoms with Crippen molar-refractivity contribution in [3.8, 4) is 6.07 Å². The van der Waals surface area contributed by atoms with Gasteiger partial charge in [-0.05, 0) is 26.2 Å². The molecule has 114 valence electrons. The summed E-state index contributed by atoms with van der Waals surface area (Å²) in [6, 6.07) is 2.67. The van der Waals surface area contributed by atoms with Gasteiger partial charge < -0.3 is 0 Å². The van der Waals surface area contributed by atoms with Gasteiger partial charge in [0.1, 0.15) is 9.84 Å². The van der Waals surface area contributed by atoms with Crippen molar-refractivity contribution in [3.05, 3.63) is 0 Å². The zero-order valence-electron chi connectivity index (χ0n) is 12.5. The van der Waals surface area contributed by atoms with E-state index in [1.807, 2.05) is 6.92 Å². The van der Waals surface area contributed by atoms with E-state index in [1.54, 1.807) is 0 Å². The van der Waals surface area contributed by atoms with E-state index in [0.717, 1.165) is 51.9 Å². The maximum atomic E-state index is 11.7. The van der Waals surface area contributed by atoms with Crippen LogP contribution in [0.5, 0.6) is 0 Å². The lowest BCUT2D eigenvalue weighted by Crippen LogP contribution is -2.53. The normalized spacial score (nSPS) is 31.6. The Labute approximate surface area is 122 Å². The SMILES string of the molecule is CC(C#N)N1CCN(C2CCCC(S(C)(=O)=O)C2)CC1. The summed E-state index contributed by atoms with van der Waals surface area (Å²) in [5, 5.41) is 8.80. The number of rotatable bonds is 3. The number of hydrogen-bond acceptors (Lipinski definition) is 5. The van der Waals surface area contributed by atoms with Crippen LogP contribution in [0, 0.1) is 11.3 Å². The van der Waals surface area contributed by atoms with Crippen molar-refractivity contribution in [2.24, 2.45) is 0 Å². The van der Waals surface area contributed by atoms with Gasteiger partial charge in [0, 0.05) is 38.5 Å². The lowest BCUT2D eigenvalue weighted by Gasteiger charge is -2.42. The van der Waals surface area contributed by atoms with Crippen LogP contribution in [-0.4, -0.2) is 68.0 Å². The molecule has 1 saturated heterocycles. The molecule has 0 bridgehead atoms. The number of hydrogen-bond donors (Lipinski definition) is 0. The minimum atomic E-state index is -2.91. The Morgan fingerprint density at radius 3 is 2.40 bits per heavy atom. The molecule has 0 N–H and O–H groups in total. The minimum Gasteiger partial charge on any atom is -0.298 e. The van der Waals surface area contributed by atoms with Gasteiger partial charge in [0.05, 0.1) is 17.4 Å². The van der Waals surface area contributed by atoms with E-state index < -0.39 is 9.84 Å². The first kappa shape index (κ1) is 15.7. The lowest BCUT2D eigenvalue weighted by atomic mass is 9.93. The predicted octanol–water partition coefficient (Wildman–Crippen LogP) is 0.872. The molecule has 20 heavy (non-hydrogen) atoms. The van der Waals surface area contributed by atoms with Crippen molar-refractivity contribution in [2.75, 3.05) is 32.4 Å². The van der Waals surface area contributed by atoms with Crippen LogP contribution in [0.25, 0.3) is 0 Å². The molecular formula is C14H25N3O2S. The zero-order chi connectivity index (χ0) is 14.8. The molecule has 1 aliphatic heterocycles. The molecule has 0 aromatic rings. The van der Waals surface area contributed by atoms with Crippen LogP contribution in [0.2, 0.25) is 0 Å². The Balaban J connectivity index is 1.89. The Bertz CT molecular complexity index is 463. The standard InChI is InChI=1S/C14H25N3O2S/c1-12(11-15)16-6-8-17(9-7-16)13-4-3-5-14(10-13)20(2,18)19/h12-14H,3-10H2,1-2H3. The van der Waals surface area contributed by atoms with E-state index in [2.05, 4.69) is 15.9 Å². The van der Waals surface area contributed by atoms with Crippen LogP contribution in [0.3, 0.4) is 0 Å².